The Balaban J connectivity index is 2.40. The topological polar surface area (TPSA) is 95.9 Å². The molecule has 0 amide bonds. The summed E-state index contributed by atoms with van der Waals surface area (Å²) in [7, 11) is 0. The summed E-state index contributed by atoms with van der Waals surface area (Å²) in [5.74, 6) is 0. The third-order valence-corrected chi connectivity index (χ3v) is 1.80. The van der Waals surface area contributed by atoms with Gasteiger partial charge in [-0.1, -0.05) is 0 Å². The van der Waals surface area contributed by atoms with Crippen molar-refractivity contribution < 1.29 is 20.1 Å². The van der Waals surface area contributed by atoms with Crippen molar-refractivity contribution in [3.05, 3.63) is 0 Å². The van der Waals surface area contributed by atoms with Gasteiger partial charge in [-0.3, -0.25) is 0 Å². The van der Waals surface area contributed by atoms with E-state index >= 15 is 0 Å². The number of hydrogen-bond donors (Lipinski definition) is 4. The van der Waals surface area contributed by atoms with E-state index in [1.807, 2.05) is 0 Å². The summed E-state index contributed by atoms with van der Waals surface area (Å²) in [6.07, 6.45) is -2.12. The molecule has 1 rings (SSSR count). The Morgan fingerprint density at radius 3 is 2.64 bits per heavy atom. The highest BCUT2D eigenvalue weighted by molar-refractivity contribution is 4.83. The van der Waals surface area contributed by atoms with Crippen LogP contribution in [0.3, 0.4) is 0 Å². The molecule has 1 aliphatic heterocycles. The van der Waals surface area contributed by atoms with Gasteiger partial charge in [-0.25, -0.2) is 0 Å². The van der Waals surface area contributed by atoms with Gasteiger partial charge in [0.25, 0.3) is 0 Å². The molecular formula is C6H13NO4. The molecule has 1 fully saturated rings. The van der Waals surface area contributed by atoms with Crippen LogP contribution in [0.25, 0.3) is 0 Å². The van der Waals surface area contributed by atoms with Gasteiger partial charge in [0.05, 0.1) is 18.8 Å². The Bertz CT molecular complexity index is 122. The Labute approximate surface area is 64.4 Å². The van der Waals surface area contributed by atoms with Crippen LogP contribution in [-0.4, -0.2) is 46.5 Å². The molecule has 4 atom stereocenters. The first-order valence-corrected chi connectivity index (χ1v) is 3.53. The van der Waals surface area contributed by atoms with Gasteiger partial charge in [0, 0.05) is 0 Å². The summed E-state index contributed by atoms with van der Waals surface area (Å²) >= 11 is 0. The van der Waals surface area contributed by atoms with Gasteiger partial charge in [0.2, 0.25) is 0 Å². The van der Waals surface area contributed by atoms with Crippen LogP contribution in [-0.2, 0) is 4.74 Å². The summed E-state index contributed by atoms with van der Waals surface area (Å²) in [4.78, 5) is 0. The summed E-state index contributed by atoms with van der Waals surface area (Å²) in [5.41, 5.74) is 5.39. The third-order valence-electron chi connectivity index (χ3n) is 1.80. The Hall–Kier alpha value is -0.200. The molecule has 0 saturated carbocycles. The number of hydrogen-bond acceptors (Lipinski definition) is 5. The fourth-order valence-electron chi connectivity index (χ4n) is 1.09. The second-order valence-corrected chi connectivity index (χ2v) is 2.71. The van der Waals surface area contributed by atoms with Crippen LogP contribution in [0.15, 0.2) is 0 Å². The monoisotopic (exact) mass is 163 g/mol. The van der Waals surface area contributed by atoms with Crippen molar-refractivity contribution in [1.29, 1.82) is 0 Å². The van der Waals surface area contributed by atoms with Gasteiger partial charge in [0.15, 0.2) is 6.29 Å². The standard InChI is InChI=1S/C6H13NO4/c7-3-1-5(4(9)2-8)11-6(3)10/h3-6,8-10H,1-2,7H2. The summed E-state index contributed by atoms with van der Waals surface area (Å²) < 4.78 is 4.85. The van der Waals surface area contributed by atoms with Gasteiger partial charge in [-0.2, -0.15) is 0 Å². The van der Waals surface area contributed by atoms with Crippen molar-refractivity contribution in [2.45, 2.75) is 31.0 Å². The molecule has 4 unspecified atom stereocenters. The highest BCUT2D eigenvalue weighted by Gasteiger charge is 2.34. The van der Waals surface area contributed by atoms with E-state index in [0.717, 1.165) is 0 Å². The summed E-state index contributed by atoms with van der Waals surface area (Å²) in [6, 6.07) is -0.457. The van der Waals surface area contributed by atoms with Gasteiger partial charge < -0.3 is 25.8 Å². The molecule has 1 aliphatic rings. The van der Waals surface area contributed by atoms with Crippen LogP contribution in [0.5, 0.6) is 0 Å². The SMILES string of the molecule is NC1CC(C(O)CO)OC1O. The second-order valence-electron chi connectivity index (χ2n) is 2.71. The van der Waals surface area contributed by atoms with E-state index in [0.29, 0.717) is 6.42 Å². The molecule has 0 aromatic heterocycles. The van der Waals surface area contributed by atoms with E-state index in [1.54, 1.807) is 0 Å². The molecule has 66 valence electrons. The second kappa shape index (κ2) is 3.46. The van der Waals surface area contributed by atoms with Crippen LogP contribution >= 0.6 is 0 Å². The highest BCUT2D eigenvalue weighted by atomic mass is 16.6. The first-order valence-electron chi connectivity index (χ1n) is 3.53. The zero-order valence-corrected chi connectivity index (χ0v) is 6.05. The number of rotatable bonds is 2. The van der Waals surface area contributed by atoms with Crippen molar-refractivity contribution in [3.8, 4) is 0 Å². The lowest BCUT2D eigenvalue weighted by atomic mass is 10.1. The maximum absolute atomic E-state index is 9.05. The Kier molecular flexibility index (Phi) is 2.80. The molecule has 0 bridgehead atoms. The van der Waals surface area contributed by atoms with Gasteiger partial charge in [0.1, 0.15) is 6.10 Å². The van der Waals surface area contributed by atoms with Crippen molar-refractivity contribution in [2.75, 3.05) is 6.61 Å². The summed E-state index contributed by atoms with van der Waals surface area (Å²) in [6.45, 7) is -0.371. The lowest BCUT2D eigenvalue weighted by molar-refractivity contribution is -0.130. The maximum atomic E-state index is 9.05. The van der Waals surface area contributed by atoms with Gasteiger partial charge >= 0.3 is 0 Å². The average molecular weight is 163 g/mol. The predicted molar refractivity (Wildman–Crippen MR) is 36.6 cm³/mol. The van der Waals surface area contributed by atoms with Crippen LogP contribution in [0.1, 0.15) is 6.42 Å². The third kappa shape index (κ3) is 1.88. The zero-order valence-electron chi connectivity index (χ0n) is 6.05. The van der Waals surface area contributed by atoms with Gasteiger partial charge in [-0.05, 0) is 6.42 Å². The number of aliphatic hydroxyl groups excluding tert-OH is 3. The molecule has 1 heterocycles. The Morgan fingerprint density at radius 2 is 2.27 bits per heavy atom. The van der Waals surface area contributed by atoms with Crippen molar-refractivity contribution in [1.82, 2.24) is 0 Å². The number of nitrogens with two attached hydrogens (primary N) is 1. The summed E-state index contributed by atoms with van der Waals surface area (Å²) in [5, 5.41) is 26.5. The van der Waals surface area contributed by atoms with Crippen LogP contribution in [0, 0.1) is 0 Å². The normalized spacial score (nSPS) is 40.9. The zero-order chi connectivity index (χ0) is 8.43. The van der Waals surface area contributed by atoms with E-state index in [4.69, 9.17) is 25.8 Å². The van der Waals surface area contributed by atoms with E-state index in [1.165, 1.54) is 0 Å². The van der Waals surface area contributed by atoms with Crippen molar-refractivity contribution in [3.63, 3.8) is 0 Å². The molecule has 5 heteroatoms. The lowest BCUT2D eigenvalue weighted by Crippen LogP contribution is -2.29. The smallest absolute Gasteiger partial charge is 0.170 e. The minimum Gasteiger partial charge on any atom is -0.394 e. The molecular weight excluding hydrogens is 150 g/mol. The molecule has 5 N–H and O–H groups in total. The lowest BCUT2D eigenvalue weighted by Gasteiger charge is -2.14. The predicted octanol–water partition coefficient (Wildman–Crippen LogP) is -2.23. The van der Waals surface area contributed by atoms with E-state index in [2.05, 4.69) is 0 Å². The fourth-order valence-corrected chi connectivity index (χ4v) is 1.09. The van der Waals surface area contributed by atoms with E-state index in [-0.39, 0.29) is 6.61 Å². The van der Waals surface area contributed by atoms with Crippen LogP contribution < -0.4 is 5.73 Å². The van der Waals surface area contributed by atoms with Crippen LogP contribution in [0.4, 0.5) is 0 Å². The minimum absolute atomic E-state index is 0.371. The molecule has 1 saturated heterocycles. The first kappa shape index (κ1) is 8.89. The van der Waals surface area contributed by atoms with E-state index in [9.17, 15) is 0 Å². The first-order chi connectivity index (χ1) is 5.15. The van der Waals surface area contributed by atoms with Crippen molar-refractivity contribution in [2.24, 2.45) is 5.73 Å². The number of ether oxygens (including phenoxy) is 1. The largest absolute Gasteiger partial charge is 0.394 e. The van der Waals surface area contributed by atoms with E-state index < -0.39 is 24.5 Å². The molecule has 0 radical (unpaired) electrons. The molecule has 11 heavy (non-hydrogen) atoms. The average Bonchev–Trinajstić information content (AvgIpc) is 2.31. The van der Waals surface area contributed by atoms with Crippen molar-refractivity contribution >= 4 is 0 Å². The number of aliphatic hydroxyl groups is 3. The molecule has 0 aliphatic carbocycles. The Morgan fingerprint density at radius 1 is 1.64 bits per heavy atom. The molecule has 5 nitrogen and oxygen atoms in total. The highest BCUT2D eigenvalue weighted by Crippen LogP contribution is 2.19. The minimum atomic E-state index is -1.01. The molecule has 0 aromatic carbocycles. The molecule has 0 aromatic rings. The molecule has 0 spiro atoms. The van der Waals surface area contributed by atoms with Gasteiger partial charge in [-0.15, -0.1) is 0 Å². The fraction of sp³-hybridized carbons (Fsp3) is 1.00. The van der Waals surface area contributed by atoms with Crippen LogP contribution in [0.2, 0.25) is 0 Å². The maximum Gasteiger partial charge on any atom is 0.170 e. The quantitative estimate of drug-likeness (QED) is 0.369.